The Labute approximate surface area is 99.7 Å². The number of alkyl halides is 3. The van der Waals surface area contributed by atoms with Gasteiger partial charge in [-0.25, -0.2) is 0 Å². The van der Waals surface area contributed by atoms with Crippen LogP contribution in [-0.4, -0.2) is 8.90 Å². The van der Waals surface area contributed by atoms with E-state index in [9.17, 15) is 5.11 Å². The number of aliphatic hydroxyl groups is 1. The standard InChI is InChI=1S/C8H6BrCl3O/c9-6-3-1-5(2-4-6)7(13)8(10,11)12/h1-4,7,13H/t7-/m1/s1. The van der Waals surface area contributed by atoms with Crippen LogP contribution in [-0.2, 0) is 0 Å². The van der Waals surface area contributed by atoms with Crippen molar-refractivity contribution >= 4 is 50.7 Å². The van der Waals surface area contributed by atoms with Gasteiger partial charge in [-0.15, -0.1) is 0 Å². The first-order valence-electron chi connectivity index (χ1n) is 3.41. The summed E-state index contributed by atoms with van der Waals surface area (Å²) in [5, 5.41) is 9.54. The third-order valence-corrected chi connectivity index (χ3v) is 2.64. The SMILES string of the molecule is O[C@H](c1ccc(Br)cc1)C(Cl)(Cl)Cl. The number of hydrogen-bond donors (Lipinski definition) is 1. The predicted octanol–water partition coefficient (Wildman–Crippen LogP) is 3.85. The van der Waals surface area contributed by atoms with E-state index >= 15 is 0 Å². The van der Waals surface area contributed by atoms with Crippen LogP contribution in [0.5, 0.6) is 0 Å². The summed E-state index contributed by atoms with van der Waals surface area (Å²) in [4.78, 5) is 0. The molecule has 0 fully saturated rings. The van der Waals surface area contributed by atoms with E-state index in [-0.39, 0.29) is 0 Å². The quantitative estimate of drug-likeness (QED) is 0.781. The Morgan fingerprint density at radius 1 is 1.15 bits per heavy atom. The lowest BCUT2D eigenvalue weighted by atomic mass is 10.1. The van der Waals surface area contributed by atoms with E-state index in [1.165, 1.54) is 0 Å². The first-order chi connectivity index (χ1) is 5.91. The molecular formula is C8H6BrCl3O. The van der Waals surface area contributed by atoms with Crippen molar-refractivity contribution in [1.82, 2.24) is 0 Å². The largest absolute Gasteiger partial charge is 0.384 e. The van der Waals surface area contributed by atoms with E-state index in [1.807, 2.05) is 0 Å². The van der Waals surface area contributed by atoms with E-state index in [0.29, 0.717) is 5.56 Å². The predicted molar refractivity (Wildman–Crippen MR) is 59.4 cm³/mol. The van der Waals surface area contributed by atoms with Crippen LogP contribution in [0.15, 0.2) is 28.7 Å². The summed E-state index contributed by atoms with van der Waals surface area (Å²) in [6.45, 7) is 0. The summed E-state index contributed by atoms with van der Waals surface area (Å²) >= 11 is 19.8. The smallest absolute Gasteiger partial charge is 0.220 e. The van der Waals surface area contributed by atoms with Crippen molar-refractivity contribution in [3.05, 3.63) is 34.3 Å². The molecule has 1 rings (SSSR count). The molecule has 0 saturated heterocycles. The Bertz CT molecular complexity index is 280. The van der Waals surface area contributed by atoms with Gasteiger partial charge in [-0.1, -0.05) is 62.9 Å². The van der Waals surface area contributed by atoms with Gasteiger partial charge in [-0.3, -0.25) is 0 Å². The van der Waals surface area contributed by atoms with Crippen LogP contribution in [0.4, 0.5) is 0 Å². The fourth-order valence-electron chi connectivity index (χ4n) is 0.834. The molecule has 0 aliphatic heterocycles. The van der Waals surface area contributed by atoms with Crippen molar-refractivity contribution < 1.29 is 5.11 Å². The monoisotopic (exact) mass is 302 g/mol. The Balaban J connectivity index is 2.90. The Hall–Kier alpha value is 0.530. The van der Waals surface area contributed by atoms with Gasteiger partial charge < -0.3 is 5.11 Å². The average Bonchev–Trinajstić information content (AvgIpc) is 2.03. The summed E-state index contributed by atoms with van der Waals surface area (Å²) in [6.07, 6.45) is -1.11. The van der Waals surface area contributed by atoms with Gasteiger partial charge in [0.05, 0.1) is 0 Å². The Kier molecular flexibility index (Phi) is 3.90. The van der Waals surface area contributed by atoms with Crippen LogP contribution < -0.4 is 0 Å². The summed E-state index contributed by atoms with van der Waals surface area (Å²) in [7, 11) is 0. The molecule has 0 heterocycles. The number of aliphatic hydroxyl groups excluding tert-OH is 1. The molecule has 0 unspecified atom stereocenters. The van der Waals surface area contributed by atoms with Gasteiger partial charge in [0.1, 0.15) is 6.10 Å². The fourth-order valence-corrected chi connectivity index (χ4v) is 1.48. The normalized spacial score (nSPS) is 14.2. The molecule has 1 aromatic rings. The minimum absolute atomic E-state index is 0.572. The minimum Gasteiger partial charge on any atom is -0.384 e. The topological polar surface area (TPSA) is 20.2 Å². The molecule has 0 radical (unpaired) electrons. The fraction of sp³-hybridized carbons (Fsp3) is 0.250. The number of benzene rings is 1. The van der Waals surface area contributed by atoms with Crippen molar-refractivity contribution in [1.29, 1.82) is 0 Å². The van der Waals surface area contributed by atoms with E-state index in [0.717, 1.165) is 4.47 Å². The molecular weight excluding hydrogens is 298 g/mol. The average molecular weight is 304 g/mol. The molecule has 1 nitrogen and oxygen atoms in total. The van der Waals surface area contributed by atoms with Gasteiger partial charge in [0, 0.05) is 4.47 Å². The van der Waals surface area contributed by atoms with E-state index in [1.54, 1.807) is 24.3 Å². The van der Waals surface area contributed by atoms with E-state index in [2.05, 4.69) is 15.9 Å². The molecule has 1 atom stereocenters. The highest BCUT2D eigenvalue weighted by Crippen LogP contribution is 2.39. The maximum absolute atomic E-state index is 9.54. The first kappa shape index (κ1) is 11.6. The summed E-state index contributed by atoms with van der Waals surface area (Å²) in [5.41, 5.74) is 0.572. The van der Waals surface area contributed by atoms with Gasteiger partial charge in [-0.05, 0) is 17.7 Å². The summed E-state index contributed by atoms with van der Waals surface area (Å²) < 4.78 is -0.777. The molecule has 0 saturated carbocycles. The van der Waals surface area contributed by atoms with Gasteiger partial charge in [-0.2, -0.15) is 0 Å². The highest BCUT2D eigenvalue weighted by molar-refractivity contribution is 9.10. The van der Waals surface area contributed by atoms with Gasteiger partial charge >= 0.3 is 0 Å². The molecule has 0 amide bonds. The molecule has 0 aromatic heterocycles. The van der Waals surface area contributed by atoms with Gasteiger partial charge in [0.15, 0.2) is 0 Å². The van der Waals surface area contributed by atoms with E-state index < -0.39 is 9.90 Å². The number of hydrogen-bond acceptors (Lipinski definition) is 1. The van der Waals surface area contributed by atoms with Crippen LogP contribution >= 0.6 is 50.7 Å². The zero-order valence-corrected chi connectivity index (χ0v) is 10.2. The van der Waals surface area contributed by atoms with Crippen molar-refractivity contribution in [3.63, 3.8) is 0 Å². The molecule has 0 aliphatic carbocycles. The minimum atomic E-state index is -1.69. The second-order valence-electron chi connectivity index (χ2n) is 2.50. The van der Waals surface area contributed by atoms with E-state index in [4.69, 9.17) is 34.8 Å². The number of halogens is 4. The third-order valence-electron chi connectivity index (χ3n) is 1.50. The lowest BCUT2D eigenvalue weighted by Crippen LogP contribution is -2.16. The molecule has 72 valence electrons. The van der Waals surface area contributed by atoms with Crippen molar-refractivity contribution in [2.24, 2.45) is 0 Å². The van der Waals surface area contributed by atoms with Crippen molar-refractivity contribution in [2.75, 3.05) is 0 Å². The molecule has 1 aromatic carbocycles. The zero-order chi connectivity index (χ0) is 10.1. The first-order valence-corrected chi connectivity index (χ1v) is 5.34. The van der Waals surface area contributed by atoms with Crippen LogP contribution in [0.3, 0.4) is 0 Å². The maximum atomic E-state index is 9.54. The molecule has 5 heteroatoms. The van der Waals surface area contributed by atoms with Crippen LogP contribution in [0.25, 0.3) is 0 Å². The Morgan fingerprint density at radius 3 is 2.00 bits per heavy atom. The van der Waals surface area contributed by atoms with Gasteiger partial charge in [0.25, 0.3) is 0 Å². The van der Waals surface area contributed by atoms with Crippen molar-refractivity contribution in [3.8, 4) is 0 Å². The summed E-state index contributed by atoms with van der Waals surface area (Å²) in [5.74, 6) is 0. The summed E-state index contributed by atoms with van der Waals surface area (Å²) in [6, 6.07) is 6.93. The second-order valence-corrected chi connectivity index (χ2v) is 5.78. The van der Waals surface area contributed by atoms with Crippen LogP contribution in [0, 0.1) is 0 Å². The third kappa shape index (κ3) is 3.30. The lowest BCUT2D eigenvalue weighted by Gasteiger charge is -2.18. The molecule has 0 aliphatic rings. The molecule has 1 N–H and O–H groups in total. The Morgan fingerprint density at radius 2 is 1.62 bits per heavy atom. The zero-order valence-electron chi connectivity index (χ0n) is 6.35. The molecule has 0 spiro atoms. The lowest BCUT2D eigenvalue weighted by molar-refractivity contribution is 0.182. The highest BCUT2D eigenvalue weighted by atomic mass is 79.9. The molecule has 0 bridgehead atoms. The second kappa shape index (κ2) is 4.37. The highest BCUT2D eigenvalue weighted by Gasteiger charge is 2.31. The number of rotatable bonds is 1. The van der Waals surface area contributed by atoms with Crippen molar-refractivity contribution in [2.45, 2.75) is 9.90 Å². The maximum Gasteiger partial charge on any atom is 0.220 e. The van der Waals surface area contributed by atoms with Crippen LogP contribution in [0.2, 0.25) is 0 Å². The molecule has 13 heavy (non-hydrogen) atoms. The van der Waals surface area contributed by atoms with Gasteiger partial charge in [0.2, 0.25) is 3.79 Å². The van der Waals surface area contributed by atoms with Crippen LogP contribution in [0.1, 0.15) is 11.7 Å².